The molecule has 174 valence electrons. The maximum Gasteiger partial charge on any atom is 0.191 e. The van der Waals surface area contributed by atoms with Crippen molar-refractivity contribution in [3.63, 3.8) is 0 Å². The Morgan fingerprint density at radius 3 is 2.09 bits per heavy atom. The zero-order valence-corrected chi connectivity index (χ0v) is 19.0. The van der Waals surface area contributed by atoms with Crippen LogP contribution in [0.15, 0.2) is 64.1 Å². The van der Waals surface area contributed by atoms with Crippen LogP contribution in [-0.4, -0.2) is 20.8 Å². The molecule has 0 spiro atoms. The van der Waals surface area contributed by atoms with Crippen LogP contribution < -0.4 is 14.2 Å². The van der Waals surface area contributed by atoms with Crippen LogP contribution in [0.1, 0.15) is 41.0 Å². The van der Waals surface area contributed by atoms with Gasteiger partial charge in [0.05, 0.1) is 20.8 Å². The fourth-order valence-corrected chi connectivity index (χ4v) is 4.63. The van der Waals surface area contributed by atoms with E-state index in [2.05, 4.69) is 15.5 Å². The van der Waals surface area contributed by atoms with Crippen LogP contribution in [0.5, 0.6) is 17.2 Å². The lowest BCUT2D eigenvalue weighted by Gasteiger charge is -2.36. The molecule has 9 heteroatoms. The zero-order valence-electron chi connectivity index (χ0n) is 19.0. The molecule has 0 saturated carbocycles. The predicted molar refractivity (Wildman–Crippen MR) is 128 cm³/mol. The van der Waals surface area contributed by atoms with Crippen molar-refractivity contribution in [1.29, 1.82) is 0 Å². The van der Waals surface area contributed by atoms with Gasteiger partial charge in [0.25, 0.3) is 0 Å². The van der Waals surface area contributed by atoms with E-state index in [4.69, 9.17) is 14.2 Å². The van der Waals surface area contributed by atoms with E-state index in [-0.39, 0.29) is 17.5 Å². The van der Waals surface area contributed by atoms with Crippen LogP contribution in [0.3, 0.4) is 0 Å². The van der Waals surface area contributed by atoms with Crippen LogP contribution in [0.2, 0.25) is 0 Å². The third-order valence-electron chi connectivity index (χ3n) is 6.24. The van der Waals surface area contributed by atoms with Gasteiger partial charge in [-0.3, -0.25) is 0 Å². The Kier molecular flexibility index (Phi) is 6.62. The van der Waals surface area contributed by atoms with Gasteiger partial charge < -0.3 is 14.2 Å². The fraction of sp³-hybridized carbons (Fsp3) is 0.280. The number of hydrogen-bond acceptors (Lipinski definition) is 9. The van der Waals surface area contributed by atoms with Gasteiger partial charge in [0, 0.05) is 23.0 Å². The van der Waals surface area contributed by atoms with Crippen LogP contribution in [-0.2, 0) is 6.42 Å². The number of benzene rings is 3. The van der Waals surface area contributed by atoms with E-state index in [0.717, 1.165) is 22.3 Å². The summed E-state index contributed by atoms with van der Waals surface area (Å²) in [5.74, 6) is 0.836. The van der Waals surface area contributed by atoms with Gasteiger partial charge in [0.15, 0.2) is 17.2 Å². The molecule has 0 fully saturated rings. The van der Waals surface area contributed by atoms with Crippen LogP contribution in [0, 0.1) is 14.7 Å². The number of methoxy groups -OCH3 is 2. The Morgan fingerprint density at radius 2 is 1.56 bits per heavy atom. The quantitative estimate of drug-likeness (QED) is 0.342. The predicted octanol–water partition coefficient (Wildman–Crippen LogP) is 6.77. The standard InChI is InChI=1S/C25H23N3O6/c1-4-17-20(27-30)10-9-18-23(14-5-7-16(26-29)8-6-14)19(13-34-25(17)18)15-11-21(32-2)24(28-31)22(12-15)33-3/h5-12,19,23H,4,13H2,1-3H3. The van der Waals surface area contributed by atoms with Gasteiger partial charge in [-0.05, 0) is 63.4 Å². The monoisotopic (exact) mass is 461 g/mol. The van der Waals surface area contributed by atoms with Gasteiger partial charge in [-0.2, -0.15) is 0 Å². The number of rotatable bonds is 8. The van der Waals surface area contributed by atoms with E-state index in [1.54, 1.807) is 30.3 Å². The number of fused-ring (bicyclic) bond motifs is 1. The first-order chi connectivity index (χ1) is 16.6. The van der Waals surface area contributed by atoms with Gasteiger partial charge in [0.1, 0.15) is 17.1 Å². The fourth-order valence-electron chi connectivity index (χ4n) is 4.63. The Balaban J connectivity index is 1.93. The summed E-state index contributed by atoms with van der Waals surface area (Å²) >= 11 is 0. The largest absolute Gasteiger partial charge is 0.494 e. The molecule has 0 bridgehead atoms. The smallest absolute Gasteiger partial charge is 0.191 e. The average Bonchev–Trinajstić information content (AvgIpc) is 2.90. The van der Waals surface area contributed by atoms with Crippen molar-refractivity contribution >= 4 is 17.1 Å². The zero-order chi connectivity index (χ0) is 24.2. The van der Waals surface area contributed by atoms with Crippen molar-refractivity contribution in [2.75, 3.05) is 20.8 Å². The minimum atomic E-state index is -0.203. The van der Waals surface area contributed by atoms with E-state index in [1.165, 1.54) is 14.2 Å². The highest BCUT2D eigenvalue weighted by atomic mass is 16.5. The maximum absolute atomic E-state index is 11.4. The molecule has 0 aromatic heterocycles. The summed E-state index contributed by atoms with van der Waals surface area (Å²) in [6, 6.07) is 14.1. The molecule has 1 aliphatic heterocycles. The Hall–Kier alpha value is -4.14. The lowest BCUT2D eigenvalue weighted by Crippen LogP contribution is -2.26. The molecular weight excluding hydrogens is 438 g/mol. The van der Waals surface area contributed by atoms with E-state index in [0.29, 0.717) is 41.7 Å². The third kappa shape index (κ3) is 3.89. The van der Waals surface area contributed by atoms with Gasteiger partial charge in [-0.15, -0.1) is 14.7 Å². The third-order valence-corrected chi connectivity index (χ3v) is 6.24. The highest BCUT2D eigenvalue weighted by Gasteiger charge is 2.36. The molecule has 3 aromatic rings. The van der Waals surface area contributed by atoms with Crippen molar-refractivity contribution in [2.24, 2.45) is 15.5 Å². The number of nitrogens with zero attached hydrogens (tertiary/aromatic N) is 3. The first-order valence-corrected chi connectivity index (χ1v) is 10.7. The van der Waals surface area contributed by atoms with Crippen molar-refractivity contribution in [1.82, 2.24) is 0 Å². The molecule has 4 rings (SSSR count). The second-order valence-electron chi connectivity index (χ2n) is 7.87. The van der Waals surface area contributed by atoms with Crippen LogP contribution in [0.25, 0.3) is 0 Å². The van der Waals surface area contributed by atoms with Crippen molar-refractivity contribution in [3.05, 3.63) is 85.5 Å². The molecule has 3 aromatic carbocycles. The van der Waals surface area contributed by atoms with E-state index >= 15 is 0 Å². The summed E-state index contributed by atoms with van der Waals surface area (Å²) in [6.45, 7) is 2.24. The van der Waals surface area contributed by atoms with E-state index in [1.807, 2.05) is 25.1 Å². The normalized spacial score (nSPS) is 16.7. The molecule has 0 N–H and O–H groups in total. The molecule has 2 unspecified atom stereocenters. The molecule has 1 aliphatic rings. The van der Waals surface area contributed by atoms with Gasteiger partial charge in [-0.25, -0.2) is 0 Å². The first kappa shape index (κ1) is 23.0. The lowest BCUT2D eigenvalue weighted by molar-refractivity contribution is 0.246. The lowest BCUT2D eigenvalue weighted by atomic mass is 9.75. The van der Waals surface area contributed by atoms with Crippen molar-refractivity contribution in [2.45, 2.75) is 25.2 Å². The number of nitroso groups, excluding NO2 is 3. The summed E-state index contributed by atoms with van der Waals surface area (Å²) in [6.07, 6.45) is 0.580. The van der Waals surface area contributed by atoms with Gasteiger partial charge in [0.2, 0.25) is 0 Å². The molecule has 0 aliphatic carbocycles. The molecule has 0 radical (unpaired) electrons. The van der Waals surface area contributed by atoms with Crippen LogP contribution >= 0.6 is 0 Å². The van der Waals surface area contributed by atoms with Gasteiger partial charge in [-0.1, -0.05) is 25.1 Å². The molecule has 0 saturated heterocycles. The summed E-state index contributed by atoms with van der Waals surface area (Å²) < 4.78 is 17.0. The summed E-state index contributed by atoms with van der Waals surface area (Å²) in [7, 11) is 2.92. The van der Waals surface area contributed by atoms with Gasteiger partial charge >= 0.3 is 0 Å². The minimum Gasteiger partial charge on any atom is -0.494 e. The van der Waals surface area contributed by atoms with Crippen molar-refractivity contribution in [3.8, 4) is 17.2 Å². The summed E-state index contributed by atoms with van der Waals surface area (Å²) in [5, 5.41) is 9.22. The second kappa shape index (κ2) is 9.78. The molecule has 1 heterocycles. The summed E-state index contributed by atoms with van der Waals surface area (Å²) in [5.41, 5.74) is 4.16. The second-order valence-corrected chi connectivity index (χ2v) is 7.87. The Morgan fingerprint density at radius 1 is 0.882 bits per heavy atom. The molecular formula is C25H23N3O6. The molecule has 34 heavy (non-hydrogen) atoms. The molecule has 0 amide bonds. The highest BCUT2D eigenvalue weighted by Crippen LogP contribution is 2.51. The average molecular weight is 461 g/mol. The first-order valence-electron chi connectivity index (χ1n) is 10.7. The minimum absolute atomic E-state index is 0.0822. The summed E-state index contributed by atoms with van der Waals surface area (Å²) in [4.78, 5) is 33.7. The highest BCUT2D eigenvalue weighted by molar-refractivity contribution is 5.66. The topological polar surface area (TPSA) is 116 Å². The Labute approximate surface area is 196 Å². The Bertz CT molecular complexity index is 1220. The number of ether oxygens (including phenoxy) is 3. The van der Waals surface area contributed by atoms with Crippen molar-refractivity contribution < 1.29 is 14.2 Å². The van der Waals surface area contributed by atoms with Crippen LogP contribution in [0.4, 0.5) is 17.1 Å². The molecule has 9 nitrogen and oxygen atoms in total. The number of hydrogen-bond donors (Lipinski definition) is 0. The van der Waals surface area contributed by atoms with E-state index in [9.17, 15) is 14.7 Å². The maximum atomic E-state index is 11.4. The van der Waals surface area contributed by atoms with E-state index < -0.39 is 0 Å². The SMILES string of the molecule is CCc1c(N=O)ccc2c1OCC(c1cc(OC)c(N=O)c(OC)c1)C2c1ccc(N=O)cc1. The molecule has 2 atom stereocenters.